The van der Waals surface area contributed by atoms with Crippen molar-refractivity contribution in [3.8, 4) is 0 Å². The standard InChI is InChI=1S/C11H19N3/c1-10(12-2)8-14(3)9-11-4-6-13-7-5-11/h4-7,10,12H,8-9H2,1-3H3. The molecule has 0 saturated heterocycles. The molecule has 1 aromatic rings. The van der Waals surface area contributed by atoms with Gasteiger partial charge in [0.05, 0.1) is 0 Å². The van der Waals surface area contributed by atoms with E-state index in [4.69, 9.17) is 0 Å². The number of rotatable bonds is 5. The van der Waals surface area contributed by atoms with Gasteiger partial charge in [-0.1, -0.05) is 0 Å². The minimum Gasteiger partial charge on any atom is -0.316 e. The number of nitrogens with zero attached hydrogens (tertiary/aromatic N) is 2. The molecule has 1 aromatic heterocycles. The van der Waals surface area contributed by atoms with Crippen LogP contribution in [-0.2, 0) is 6.54 Å². The predicted octanol–water partition coefficient (Wildman–Crippen LogP) is 1.12. The smallest absolute Gasteiger partial charge is 0.0271 e. The summed E-state index contributed by atoms with van der Waals surface area (Å²) in [6, 6.07) is 4.64. The third kappa shape index (κ3) is 3.85. The van der Waals surface area contributed by atoms with Gasteiger partial charge in [-0.15, -0.1) is 0 Å². The third-order valence-corrected chi connectivity index (χ3v) is 2.28. The fraction of sp³-hybridized carbons (Fsp3) is 0.545. The summed E-state index contributed by atoms with van der Waals surface area (Å²) in [5.41, 5.74) is 1.31. The number of hydrogen-bond donors (Lipinski definition) is 1. The van der Waals surface area contributed by atoms with Crippen LogP contribution in [0.4, 0.5) is 0 Å². The highest BCUT2D eigenvalue weighted by molar-refractivity contribution is 5.09. The topological polar surface area (TPSA) is 28.2 Å². The van der Waals surface area contributed by atoms with Gasteiger partial charge >= 0.3 is 0 Å². The van der Waals surface area contributed by atoms with Gasteiger partial charge in [0.2, 0.25) is 0 Å². The lowest BCUT2D eigenvalue weighted by molar-refractivity contribution is 0.295. The first-order valence-electron chi connectivity index (χ1n) is 4.97. The van der Waals surface area contributed by atoms with E-state index >= 15 is 0 Å². The largest absolute Gasteiger partial charge is 0.316 e. The van der Waals surface area contributed by atoms with Gasteiger partial charge < -0.3 is 10.2 Å². The summed E-state index contributed by atoms with van der Waals surface area (Å²) >= 11 is 0. The minimum absolute atomic E-state index is 0.529. The Morgan fingerprint density at radius 2 is 2.07 bits per heavy atom. The second-order valence-electron chi connectivity index (χ2n) is 3.74. The molecule has 0 saturated carbocycles. The van der Waals surface area contributed by atoms with Gasteiger partial charge in [0, 0.05) is 31.5 Å². The van der Waals surface area contributed by atoms with Crippen molar-refractivity contribution in [3.05, 3.63) is 30.1 Å². The lowest BCUT2D eigenvalue weighted by atomic mass is 10.2. The Morgan fingerprint density at radius 3 is 2.64 bits per heavy atom. The summed E-state index contributed by atoms with van der Waals surface area (Å²) in [5, 5.41) is 3.23. The van der Waals surface area contributed by atoms with Crippen LogP contribution in [0.15, 0.2) is 24.5 Å². The Morgan fingerprint density at radius 1 is 1.43 bits per heavy atom. The maximum atomic E-state index is 4.00. The van der Waals surface area contributed by atoms with E-state index in [9.17, 15) is 0 Å². The summed E-state index contributed by atoms with van der Waals surface area (Å²) in [7, 11) is 4.12. The molecule has 0 amide bonds. The van der Waals surface area contributed by atoms with Crippen LogP contribution in [0.3, 0.4) is 0 Å². The summed E-state index contributed by atoms with van der Waals surface area (Å²) in [4.78, 5) is 6.30. The van der Waals surface area contributed by atoms with Crippen LogP contribution in [0.1, 0.15) is 12.5 Å². The highest BCUT2D eigenvalue weighted by atomic mass is 15.1. The second kappa shape index (κ2) is 5.73. The molecular weight excluding hydrogens is 174 g/mol. The monoisotopic (exact) mass is 193 g/mol. The van der Waals surface area contributed by atoms with Crippen LogP contribution in [0.2, 0.25) is 0 Å². The van der Waals surface area contributed by atoms with Crippen molar-refractivity contribution in [2.45, 2.75) is 19.5 Å². The molecule has 3 nitrogen and oxygen atoms in total. The van der Waals surface area contributed by atoms with Gasteiger partial charge in [-0.05, 0) is 38.7 Å². The Hall–Kier alpha value is -0.930. The fourth-order valence-electron chi connectivity index (χ4n) is 1.42. The van der Waals surface area contributed by atoms with Crippen LogP contribution in [-0.4, -0.2) is 36.6 Å². The van der Waals surface area contributed by atoms with E-state index in [-0.39, 0.29) is 0 Å². The van der Waals surface area contributed by atoms with Crippen LogP contribution in [0.25, 0.3) is 0 Å². The van der Waals surface area contributed by atoms with E-state index in [0.29, 0.717) is 6.04 Å². The maximum absolute atomic E-state index is 4.00. The van der Waals surface area contributed by atoms with Gasteiger partial charge in [-0.25, -0.2) is 0 Å². The number of hydrogen-bond acceptors (Lipinski definition) is 3. The highest BCUT2D eigenvalue weighted by Crippen LogP contribution is 2.01. The van der Waals surface area contributed by atoms with Crippen LogP contribution < -0.4 is 5.32 Å². The normalized spacial score (nSPS) is 13.1. The third-order valence-electron chi connectivity index (χ3n) is 2.28. The van der Waals surface area contributed by atoms with Crippen LogP contribution >= 0.6 is 0 Å². The van der Waals surface area contributed by atoms with Crippen LogP contribution in [0.5, 0.6) is 0 Å². The first-order valence-corrected chi connectivity index (χ1v) is 4.97. The molecule has 0 aromatic carbocycles. The van der Waals surface area contributed by atoms with E-state index in [1.54, 1.807) is 0 Å². The lowest BCUT2D eigenvalue weighted by Gasteiger charge is -2.20. The van der Waals surface area contributed by atoms with Crippen molar-refractivity contribution in [2.24, 2.45) is 0 Å². The SMILES string of the molecule is CNC(C)CN(C)Cc1ccncc1. The number of aromatic nitrogens is 1. The molecule has 78 valence electrons. The van der Waals surface area contributed by atoms with Crippen molar-refractivity contribution >= 4 is 0 Å². The summed E-state index contributed by atoms with van der Waals surface area (Å²) in [6.07, 6.45) is 3.68. The zero-order chi connectivity index (χ0) is 10.4. The Bertz CT molecular complexity index is 248. The predicted molar refractivity (Wildman–Crippen MR) is 59.1 cm³/mol. The Kier molecular flexibility index (Phi) is 4.56. The van der Waals surface area contributed by atoms with E-state index in [0.717, 1.165) is 13.1 Å². The van der Waals surface area contributed by atoms with E-state index in [1.807, 2.05) is 19.4 Å². The van der Waals surface area contributed by atoms with Crippen molar-refractivity contribution in [2.75, 3.05) is 20.6 Å². The molecule has 0 fully saturated rings. The Balaban J connectivity index is 2.37. The van der Waals surface area contributed by atoms with Crippen molar-refractivity contribution in [3.63, 3.8) is 0 Å². The van der Waals surface area contributed by atoms with Gasteiger partial charge in [0.15, 0.2) is 0 Å². The molecule has 0 spiro atoms. The minimum atomic E-state index is 0.529. The molecular formula is C11H19N3. The molecule has 1 rings (SSSR count). The zero-order valence-electron chi connectivity index (χ0n) is 9.20. The molecule has 1 unspecified atom stereocenters. The molecule has 3 heteroatoms. The van der Waals surface area contributed by atoms with Crippen LogP contribution in [0, 0.1) is 0 Å². The Labute approximate surface area is 86.2 Å². The van der Waals surface area contributed by atoms with Crippen molar-refractivity contribution in [1.82, 2.24) is 15.2 Å². The molecule has 0 aliphatic heterocycles. The quantitative estimate of drug-likeness (QED) is 0.759. The highest BCUT2D eigenvalue weighted by Gasteiger charge is 2.04. The second-order valence-corrected chi connectivity index (χ2v) is 3.74. The number of nitrogens with one attached hydrogen (secondary N) is 1. The van der Waals surface area contributed by atoms with Gasteiger partial charge in [-0.2, -0.15) is 0 Å². The summed E-state index contributed by atoms with van der Waals surface area (Å²) in [5.74, 6) is 0. The summed E-state index contributed by atoms with van der Waals surface area (Å²) < 4.78 is 0. The fourth-order valence-corrected chi connectivity index (χ4v) is 1.42. The molecule has 0 aliphatic carbocycles. The molecule has 0 aliphatic rings. The zero-order valence-corrected chi connectivity index (χ0v) is 9.20. The first-order chi connectivity index (χ1) is 6.72. The average Bonchev–Trinajstić information content (AvgIpc) is 2.19. The van der Waals surface area contributed by atoms with Crippen molar-refractivity contribution < 1.29 is 0 Å². The van der Waals surface area contributed by atoms with Crippen molar-refractivity contribution in [1.29, 1.82) is 0 Å². The molecule has 1 atom stereocenters. The molecule has 14 heavy (non-hydrogen) atoms. The average molecular weight is 193 g/mol. The van der Waals surface area contributed by atoms with E-state index in [1.165, 1.54) is 5.56 Å². The molecule has 1 heterocycles. The summed E-state index contributed by atoms with van der Waals surface area (Å²) in [6.45, 7) is 4.22. The molecule has 0 radical (unpaired) electrons. The maximum Gasteiger partial charge on any atom is 0.0271 e. The lowest BCUT2D eigenvalue weighted by Crippen LogP contribution is -2.34. The van der Waals surface area contributed by atoms with Gasteiger partial charge in [-0.3, -0.25) is 4.98 Å². The van der Waals surface area contributed by atoms with E-state index < -0.39 is 0 Å². The van der Waals surface area contributed by atoms with Gasteiger partial charge in [0.25, 0.3) is 0 Å². The number of pyridine rings is 1. The molecule has 1 N–H and O–H groups in total. The molecule has 0 bridgehead atoms. The van der Waals surface area contributed by atoms with Gasteiger partial charge in [0.1, 0.15) is 0 Å². The van der Waals surface area contributed by atoms with E-state index in [2.05, 4.69) is 41.3 Å². The first kappa shape index (κ1) is 11.1. The number of likely N-dealkylation sites (N-methyl/N-ethyl adjacent to an activating group) is 2.